The highest BCUT2D eigenvalue weighted by Crippen LogP contribution is 2.39. The Kier molecular flexibility index (Phi) is 7.95. The number of nitrogens with one attached hydrogen (secondary N) is 2. The smallest absolute Gasteiger partial charge is 0.273 e. The number of hydrogen-bond donors (Lipinski definition) is 2. The summed E-state index contributed by atoms with van der Waals surface area (Å²) in [6.45, 7) is 1.60. The Bertz CT molecular complexity index is 1310. The van der Waals surface area contributed by atoms with E-state index >= 15 is 0 Å². The Labute approximate surface area is 233 Å². The number of benzene rings is 1. The maximum atomic E-state index is 13.5. The van der Waals surface area contributed by atoms with Crippen LogP contribution < -0.4 is 10.6 Å². The molecule has 1 aliphatic carbocycles. The molecule has 3 saturated heterocycles. The molecule has 1 amide bonds. The van der Waals surface area contributed by atoms with Crippen LogP contribution >= 0.6 is 0 Å². The van der Waals surface area contributed by atoms with Gasteiger partial charge in [-0.2, -0.15) is 4.31 Å². The molecule has 4 aliphatic rings. The molecule has 2 bridgehead atoms. The Balaban J connectivity index is 0.974. The Hall–Kier alpha value is -2.41. The highest BCUT2D eigenvalue weighted by Gasteiger charge is 2.47. The van der Waals surface area contributed by atoms with Gasteiger partial charge >= 0.3 is 0 Å². The molecule has 0 radical (unpaired) electrons. The van der Waals surface area contributed by atoms with Gasteiger partial charge in [0.2, 0.25) is 10.0 Å². The van der Waals surface area contributed by atoms with Gasteiger partial charge in [0.05, 0.1) is 24.9 Å². The van der Waals surface area contributed by atoms with E-state index < -0.39 is 21.7 Å². The third-order valence-electron chi connectivity index (χ3n) is 9.00. The van der Waals surface area contributed by atoms with E-state index in [1.54, 1.807) is 16.4 Å². The van der Waals surface area contributed by atoms with E-state index in [4.69, 9.17) is 9.26 Å². The second-order valence-corrected chi connectivity index (χ2v) is 13.7. The number of sulfonamides is 1. The SMILES string of the molecule is O=C(NC1CC2CCC(C1)N2S(=O)(=O)CC1CCC(NCc2ccc(F)c(F)c2)CC1)c1cc(C2COC2)on1. The highest BCUT2D eigenvalue weighted by atomic mass is 32.2. The fourth-order valence-corrected chi connectivity index (χ4v) is 9.18. The maximum absolute atomic E-state index is 13.5. The molecule has 6 rings (SSSR count). The van der Waals surface area contributed by atoms with Crippen molar-refractivity contribution in [1.29, 1.82) is 0 Å². The second-order valence-electron chi connectivity index (χ2n) is 11.8. The number of rotatable bonds is 9. The van der Waals surface area contributed by atoms with Crippen molar-refractivity contribution in [2.24, 2.45) is 5.92 Å². The van der Waals surface area contributed by atoms with Crippen molar-refractivity contribution in [2.75, 3.05) is 19.0 Å². The summed E-state index contributed by atoms with van der Waals surface area (Å²) in [5.41, 5.74) is 0.937. The lowest BCUT2D eigenvalue weighted by Crippen LogP contribution is -2.53. The average molecular weight is 579 g/mol. The fourth-order valence-electron chi connectivity index (χ4n) is 6.78. The number of carbonyl (C=O) groups excluding carboxylic acids is 1. The highest BCUT2D eigenvalue weighted by molar-refractivity contribution is 7.89. The van der Waals surface area contributed by atoms with Gasteiger partial charge in [0.15, 0.2) is 17.3 Å². The molecule has 4 fully saturated rings. The van der Waals surface area contributed by atoms with Crippen LogP contribution in [-0.4, -0.2) is 66.9 Å². The minimum atomic E-state index is -3.42. The number of aromatic nitrogens is 1. The molecule has 2 unspecified atom stereocenters. The van der Waals surface area contributed by atoms with Gasteiger partial charge in [0, 0.05) is 36.8 Å². The molecule has 4 heterocycles. The van der Waals surface area contributed by atoms with E-state index in [0.29, 0.717) is 43.9 Å². The number of ether oxygens (including phenoxy) is 1. The van der Waals surface area contributed by atoms with Crippen LogP contribution in [0.5, 0.6) is 0 Å². The van der Waals surface area contributed by atoms with Crippen LogP contribution in [0.4, 0.5) is 8.78 Å². The predicted molar refractivity (Wildman–Crippen MR) is 142 cm³/mol. The standard InChI is InChI=1S/C28H36F2N4O5S/c29-24-8-3-18(9-25(24)30)13-31-20-4-1-17(2-5-20)16-40(36,37)34-22-6-7-23(34)11-21(10-22)32-28(35)26-12-27(39-33-26)19-14-38-15-19/h3,8-9,12,17,19-23,31H,1-2,4-7,10-11,13-16H2,(H,32,35). The Morgan fingerprint density at radius 3 is 2.35 bits per heavy atom. The van der Waals surface area contributed by atoms with Crippen molar-refractivity contribution in [3.8, 4) is 0 Å². The molecule has 1 saturated carbocycles. The molecular weight excluding hydrogens is 542 g/mol. The molecule has 218 valence electrons. The number of carbonyl (C=O) groups is 1. The number of amides is 1. The van der Waals surface area contributed by atoms with Crippen LogP contribution in [0.3, 0.4) is 0 Å². The van der Waals surface area contributed by atoms with Gasteiger partial charge < -0.3 is 19.9 Å². The summed E-state index contributed by atoms with van der Waals surface area (Å²) < 4.78 is 65.9. The molecule has 1 aromatic heterocycles. The molecule has 3 aliphatic heterocycles. The van der Waals surface area contributed by atoms with E-state index in [-0.39, 0.29) is 53.4 Å². The lowest BCUT2D eigenvalue weighted by molar-refractivity contribution is -0.00228. The summed E-state index contributed by atoms with van der Waals surface area (Å²) in [6, 6.07) is 5.53. The van der Waals surface area contributed by atoms with E-state index in [0.717, 1.165) is 44.6 Å². The molecule has 1 aromatic carbocycles. The minimum absolute atomic E-state index is 0.0943. The lowest BCUT2D eigenvalue weighted by Gasteiger charge is -2.39. The number of piperidine rings is 1. The zero-order chi connectivity index (χ0) is 27.9. The number of halogens is 2. The monoisotopic (exact) mass is 578 g/mol. The largest absolute Gasteiger partial charge is 0.380 e. The third kappa shape index (κ3) is 5.95. The molecule has 2 atom stereocenters. The van der Waals surface area contributed by atoms with E-state index in [9.17, 15) is 22.0 Å². The van der Waals surface area contributed by atoms with Gasteiger partial charge in [0.1, 0.15) is 5.76 Å². The second kappa shape index (κ2) is 11.5. The molecule has 2 aromatic rings. The van der Waals surface area contributed by atoms with Crippen LogP contribution in [-0.2, 0) is 21.3 Å². The minimum Gasteiger partial charge on any atom is -0.380 e. The van der Waals surface area contributed by atoms with E-state index in [2.05, 4.69) is 15.8 Å². The van der Waals surface area contributed by atoms with Gasteiger partial charge in [-0.3, -0.25) is 4.79 Å². The molecule has 9 nitrogen and oxygen atoms in total. The van der Waals surface area contributed by atoms with Crippen molar-refractivity contribution < 1.29 is 31.3 Å². The van der Waals surface area contributed by atoms with Crippen LogP contribution in [0, 0.1) is 17.6 Å². The van der Waals surface area contributed by atoms with Gasteiger partial charge in [0.25, 0.3) is 5.91 Å². The quantitative estimate of drug-likeness (QED) is 0.469. The van der Waals surface area contributed by atoms with Gasteiger partial charge in [-0.15, -0.1) is 0 Å². The summed E-state index contributed by atoms with van der Waals surface area (Å²) in [4.78, 5) is 12.8. The molecule has 2 N–H and O–H groups in total. The average Bonchev–Trinajstić information content (AvgIpc) is 3.48. The van der Waals surface area contributed by atoms with E-state index in [1.165, 1.54) is 6.07 Å². The first-order chi connectivity index (χ1) is 19.2. The topological polar surface area (TPSA) is 114 Å². The van der Waals surface area contributed by atoms with Crippen LogP contribution in [0.2, 0.25) is 0 Å². The maximum Gasteiger partial charge on any atom is 0.273 e. The lowest BCUT2D eigenvalue weighted by atomic mass is 9.87. The van der Waals surface area contributed by atoms with Crippen molar-refractivity contribution in [3.05, 3.63) is 52.9 Å². The van der Waals surface area contributed by atoms with Crippen molar-refractivity contribution in [3.63, 3.8) is 0 Å². The molecule has 40 heavy (non-hydrogen) atoms. The zero-order valence-electron chi connectivity index (χ0n) is 22.4. The van der Waals surface area contributed by atoms with Gasteiger partial charge in [-0.05, 0) is 75.0 Å². The number of fused-ring (bicyclic) bond motifs is 2. The fraction of sp³-hybridized carbons (Fsp3) is 0.643. The summed E-state index contributed by atoms with van der Waals surface area (Å²) in [5, 5.41) is 10.4. The Morgan fingerprint density at radius 1 is 0.975 bits per heavy atom. The number of nitrogens with zero attached hydrogens (tertiary/aromatic N) is 2. The van der Waals surface area contributed by atoms with E-state index in [1.807, 2.05) is 0 Å². The summed E-state index contributed by atoms with van der Waals surface area (Å²) >= 11 is 0. The van der Waals surface area contributed by atoms with Gasteiger partial charge in [-0.25, -0.2) is 17.2 Å². The third-order valence-corrected chi connectivity index (χ3v) is 11.1. The normalized spacial score (nSPS) is 29.3. The first kappa shape index (κ1) is 27.7. The van der Waals surface area contributed by atoms with Crippen molar-refractivity contribution in [1.82, 2.24) is 20.1 Å². The summed E-state index contributed by atoms with van der Waals surface area (Å²) in [5.74, 6) is -0.927. The van der Waals surface area contributed by atoms with Crippen molar-refractivity contribution in [2.45, 2.75) is 88.0 Å². The predicted octanol–water partition coefficient (Wildman–Crippen LogP) is 3.47. The molecule has 0 spiro atoms. The zero-order valence-corrected chi connectivity index (χ0v) is 23.2. The summed E-state index contributed by atoms with van der Waals surface area (Å²) in [7, 11) is -3.42. The van der Waals surface area contributed by atoms with Crippen LogP contribution in [0.1, 0.15) is 79.1 Å². The first-order valence-electron chi connectivity index (χ1n) is 14.3. The molecular formula is C28H36F2N4O5S. The van der Waals surface area contributed by atoms with Crippen LogP contribution in [0.25, 0.3) is 0 Å². The number of hydrogen-bond acceptors (Lipinski definition) is 7. The van der Waals surface area contributed by atoms with Crippen LogP contribution in [0.15, 0.2) is 28.8 Å². The molecule has 12 heteroatoms. The Morgan fingerprint density at radius 2 is 1.70 bits per heavy atom. The van der Waals surface area contributed by atoms with Gasteiger partial charge in [-0.1, -0.05) is 11.2 Å². The first-order valence-corrected chi connectivity index (χ1v) is 15.9. The summed E-state index contributed by atoms with van der Waals surface area (Å²) in [6.07, 6.45) is 6.14. The van der Waals surface area contributed by atoms with Crippen molar-refractivity contribution >= 4 is 15.9 Å².